The van der Waals surface area contributed by atoms with Gasteiger partial charge in [0.2, 0.25) is 5.91 Å². The quantitative estimate of drug-likeness (QED) is 0.517. The van der Waals surface area contributed by atoms with Crippen LogP contribution in [0.15, 0.2) is 23.4 Å². The SMILES string of the molecule is O=Nc1ccc(NC2CCN(C(=O)COC3CCN(C4CCCCC4)CC3)CC2)cc1C(F)(F)F. The number of carbonyl (C=O) groups is 1. The number of anilines is 1. The van der Waals surface area contributed by atoms with E-state index in [1.165, 1.54) is 38.2 Å². The van der Waals surface area contributed by atoms with Gasteiger partial charge in [0.05, 0.1) is 11.7 Å². The van der Waals surface area contributed by atoms with E-state index in [0.717, 1.165) is 44.1 Å². The molecule has 194 valence electrons. The minimum atomic E-state index is -4.65. The van der Waals surface area contributed by atoms with E-state index >= 15 is 0 Å². The molecule has 1 aliphatic carbocycles. The Kier molecular flexibility index (Phi) is 8.64. The third-order valence-corrected chi connectivity index (χ3v) is 7.63. The average Bonchev–Trinajstić information content (AvgIpc) is 2.88. The van der Waals surface area contributed by atoms with Crippen molar-refractivity contribution in [2.45, 2.75) is 82.2 Å². The van der Waals surface area contributed by atoms with Crippen LogP contribution >= 0.6 is 0 Å². The molecular formula is C25H35F3N4O3. The first-order chi connectivity index (χ1) is 16.8. The third-order valence-electron chi connectivity index (χ3n) is 7.63. The molecule has 2 aliphatic heterocycles. The largest absolute Gasteiger partial charge is 0.418 e. The van der Waals surface area contributed by atoms with Crippen molar-refractivity contribution >= 4 is 17.3 Å². The second kappa shape index (κ2) is 11.7. The zero-order valence-corrected chi connectivity index (χ0v) is 20.1. The highest BCUT2D eigenvalue weighted by molar-refractivity contribution is 5.77. The van der Waals surface area contributed by atoms with Crippen molar-refractivity contribution in [3.8, 4) is 0 Å². The number of hydrogen-bond acceptors (Lipinski definition) is 6. The van der Waals surface area contributed by atoms with E-state index in [2.05, 4.69) is 15.4 Å². The topological polar surface area (TPSA) is 74.2 Å². The molecule has 1 aromatic carbocycles. The molecule has 10 heteroatoms. The number of nitrogens with zero attached hydrogens (tertiary/aromatic N) is 3. The summed E-state index contributed by atoms with van der Waals surface area (Å²) in [4.78, 5) is 27.7. The van der Waals surface area contributed by atoms with Crippen molar-refractivity contribution in [2.75, 3.05) is 38.1 Å². The fraction of sp³-hybridized carbons (Fsp3) is 0.720. The van der Waals surface area contributed by atoms with Crippen molar-refractivity contribution in [1.82, 2.24) is 9.80 Å². The van der Waals surface area contributed by atoms with Crippen LogP contribution in [0.4, 0.5) is 24.5 Å². The smallest absolute Gasteiger partial charge is 0.382 e. The van der Waals surface area contributed by atoms with E-state index in [9.17, 15) is 22.9 Å². The first kappa shape index (κ1) is 25.9. The number of alkyl halides is 3. The van der Waals surface area contributed by atoms with Gasteiger partial charge in [0.1, 0.15) is 12.3 Å². The second-order valence-corrected chi connectivity index (χ2v) is 9.96. The fourth-order valence-corrected chi connectivity index (χ4v) is 5.58. The van der Waals surface area contributed by atoms with Crippen LogP contribution in [0, 0.1) is 4.91 Å². The van der Waals surface area contributed by atoms with Crippen LogP contribution in [0.25, 0.3) is 0 Å². The van der Waals surface area contributed by atoms with Crippen LogP contribution in [0.3, 0.4) is 0 Å². The molecule has 7 nitrogen and oxygen atoms in total. The molecule has 0 aromatic heterocycles. The minimum absolute atomic E-state index is 0.0288. The number of rotatable bonds is 7. The summed E-state index contributed by atoms with van der Waals surface area (Å²) in [6.07, 6.45) is 5.30. The van der Waals surface area contributed by atoms with E-state index in [-0.39, 0.29) is 30.3 Å². The van der Waals surface area contributed by atoms with Gasteiger partial charge >= 0.3 is 6.18 Å². The number of amides is 1. The summed E-state index contributed by atoms with van der Waals surface area (Å²) >= 11 is 0. The number of hydrogen-bond donors (Lipinski definition) is 1. The molecule has 1 aromatic rings. The molecule has 3 fully saturated rings. The lowest BCUT2D eigenvalue weighted by Crippen LogP contribution is -2.46. The summed E-state index contributed by atoms with van der Waals surface area (Å²) in [5, 5.41) is 5.58. The fourth-order valence-electron chi connectivity index (χ4n) is 5.58. The van der Waals surface area contributed by atoms with E-state index < -0.39 is 17.4 Å². The van der Waals surface area contributed by atoms with Gasteiger partial charge in [-0.25, -0.2) is 0 Å². The highest BCUT2D eigenvalue weighted by Crippen LogP contribution is 2.38. The van der Waals surface area contributed by atoms with Crippen LogP contribution < -0.4 is 5.32 Å². The first-order valence-corrected chi connectivity index (χ1v) is 12.8. The molecule has 1 N–H and O–H groups in total. The van der Waals surface area contributed by atoms with Crippen molar-refractivity contribution < 1.29 is 22.7 Å². The van der Waals surface area contributed by atoms with Crippen molar-refractivity contribution in [3.05, 3.63) is 28.7 Å². The third kappa shape index (κ3) is 6.94. The second-order valence-electron chi connectivity index (χ2n) is 9.96. The van der Waals surface area contributed by atoms with E-state index in [0.29, 0.717) is 25.9 Å². The number of piperidine rings is 2. The molecule has 2 heterocycles. The summed E-state index contributed by atoms with van der Waals surface area (Å²) < 4.78 is 45.4. The summed E-state index contributed by atoms with van der Waals surface area (Å²) in [7, 11) is 0. The number of benzene rings is 1. The van der Waals surface area contributed by atoms with Gasteiger partial charge in [-0.15, -0.1) is 4.91 Å². The van der Waals surface area contributed by atoms with E-state index in [1.807, 2.05) is 0 Å². The standard InChI is InChI=1S/C25H35F3N4O3/c26-25(27,28)22-16-19(6-7-23(22)30-34)29-18-8-12-32(13-9-18)24(33)17-35-21-10-14-31(15-11-21)20-4-2-1-3-5-20/h6-7,16,18,20-21,29H,1-5,8-15,17H2. The minimum Gasteiger partial charge on any atom is -0.382 e. The molecule has 4 rings (SSSR count). The number of likely N-dealkylation sites (tertiary alicyclic amines) is 2. The maximum atomic E-state index is 13.2. The molecule has 0 spiro atoms. The molecule has 35 heavy (non-hydrogen) atoms. The lowest BCUT2D eigenvalue weighted by atomic mass is 9.92. The van der Waals surface area contributed by atoms with Crippen molar-refractivity contribution in [2.24, 2.45) is 5.18 Å². The normalized spacial score (nSPS) is 21.7. The van der Waals surface area contributed by atoms with Crippen LogP contribution in [-0.4, -0.2) is 66.7 Å². The Morgan fingerprint density at radius 2 is 1.69 bits per heavy atom. The average molecular weight is 497 g/mol. The Bertz CT molecular complexity index is 860. The van der Waals surface area contributed by atoms with Crippen LogP contribution in [0.1, 0.15) is 63.4 Å². The van der Waals surface area contributed by atoms with Crippen molar-refractivity contribution in [1.29, 1.82) is 0 Å². The number of nitroso groups, excluding NO2 is 1. The summed E-state index contributed by atoms with van der Waals surface area (Å²) in [5.74, 6) is -0.0288. The lowest BCUT2D eigenvalue weighted by molar-refractivity contribution is -0.140. The zero-order chi connectivity index (χ0) is 24.8. The van der Waals surface area contributed by atoms with Gasteiger partial charge < -0.3 is 19.9 Å². The van der Waals surface area contributed by atoms with Gasteiger partial charge in [0.15, 0.2) is 0 Å². The highest BCUT2D eigenvalue weighted by Gasteiger charge is 2.35. The van der Waals surface area contributed by atoms with Gasteiger partial charge in [0, 0.05) is 44.0 Å². The molecule has 2 saturated heterocycles. The van der Waals surface area contributed by atoms with Gasteiger partial charge in [0.25, 0.3) is 0 Å². The predicted octanol–water partition coefficient (Wildman–Crippen LogP) is 5.32. The number of nitrogens with one attached hydrogen (secondary N) is 1. The van der Waals surface area contributed by atoms with E-state index in [4.69, 9.17) is 4.74 Å². The Hall–Kier alpha value is -2.20. The van der Waals surface area contributed by atoms with E-state index in [1.54, 1.807) is 4.90 Å². The lowest BCUT2D eigenvalue weighted by Gasteiger charge is -2.39. The predicted molar refractivity (Wildman–Crippen MR) is 128 cm³/mol. The molecule has 3 aliphatic rings. The van der Waals surface area contributed by atoms with Gasteiger partial charge in [-0.2, -0.15) is 13.2 Å². The maximum absolute atomic E-state index is 13.2. The number of carbonyl (C=O) groups excluding carboxylic acids is 1. The molecule has 0 atom stereocenters. The molecular weight excluding hydrogens is 461 g/mol. The molecule has 1 amide bonds. The molecule has 0 radical (unpaired) electrons. The van der Waals surface area contributed by atoms with Crippen LogP contribution in [0.5, 0.6) is 0 Å². The Morgan fingerprint density at radius 1 is 1.00 bits per heavy atom. The summed E-state index contributed by atoms with van der Waals surface area (Å²) in [6.45, 7) is 3.22. The number of ether oxygens (including phenoxy) is 1. The zero-order valence-electron chi connectivity index (χ0n) is 20.1. The number of halogens is 3. The Labute approximate surface area is 204 Å². The summed E-state index contributed by atoms with van der Waals surface area (Å²) in [5.41, 5.74) is -1.38. The summed E-state index contributed by atoms with van der Waals surface area (Å²) in [6, 6.07) is 4.09. The Balaban J connectivity index is 1.17. The maximum Gasteiger partial charge on any atom is 0.418 e. The first-order valence-electron chi connectivity index (χ1n) is 12.8. The highest BCUT2D eigenvalue weighted by atomic mass is 19.4. The monoisotopic (exact) mass is 496 g/mol. The molecule has 0 bridgehead atoms. The van der Waals surface area contributed by atoms with Gasteiger partial charge in [-0.1, -0.05) is 19.3 Å². The molecule has 0 unspecified atom stereocenters. The van der Waals surface area contributed by atoms with Gasteiger partial charge in [-0.05, 0) is 61.9 Å². The van der Waals surface area contributed by atoms with Gasteiger partial charge in [-0.3, -0.25) is 4.79 Å². The van der Waals surface area contributed by atoms with Crippen molar-refractivity contribution in [3.63, 3.8) is 0 Å². The van der Waals surface area contributed by atoms with Crippen LogP contribution in [-0.2, 0) is 15.7 Å². The Morgan fingerprint density at radius 3 is 2.31 bits per heavy atom. The van der Waals surface area contributed by atoms with Crippen LogP contribution in [0.2, 0.25) is 0 Å². The molecule has 1 saturated carbocycles.